The number of hydrogen-bond acceptors (Lipinski definition) is 4. The highest BCUT2D eigenvalue weighted by molar-refractivity contribution is 5.99. The van der Waals surface area contributed by atoms with Crippen molar-refractivity contribution >= 4 is 23.6 Å². The van der Waals surface area contributed by atoms with Gasteiger partial charge in [0.15, 0.2) is 0 Å². The first kappa shape index (κ1) is 13.9. The van der Waals surface area contributed by atoms with E-state index in [1.54, 1.807) is 12.1 Å². The van der Waals surface area contributed by atoms with Crippen molar-refractivity contribution in [2.75, 3.05) is 4.90 Å². The number of carbonyl (C=O) groups excluding carboxylic acids is 2. The molecular weight excluding hydrogens is 262 g/mol. The van der Waals surface area contributed by atoms with E-state index in [2.05, 4.69) is 0 Å². The molecular formula is C13H15N3O4. The highest BCUT2D eigenvalue weighted by atomic mass is 16.4. The van der Waals surface area contributed by atoms with Gasteiger partial charge in [-0.05, 0) is 18.6 Å². The maximum absolute atomic E-state index is 11.9. The Hall–Kier alpha value is -2.57. The van der Waals surface area contributed by atoms with Gasteiger partial charge in [0.1, 0.15) is 12.1 Å². The molecule has 4 N–H and O–H groups in total. The molecule has 0 saturated carbocycles. The molecule has 0 aliphatic carbocycles. The minimum Gasteiger partial charge on any atom is -0.480 e. The van der Waals surface area contributed by atoms with Crippen molar-refractivity contribution in [3.8, 4) is 0 Å². The summed E-state index contributed by atoms with van der Waals surface area (Å²) in [7, 11) is 0. The van der Waals surface area contributed by atoms with E-state index in [0.717, 1.165) is 5.56 Å². The van der Waals surface area contributed by atoms with Crippen LogP contribution >= 0.6 is 0 Å². The van der Waals surface area contributed by atoms with Crippen LogP contribution in [0.4, 0.5) is 10.5 Å². The zero-order valence-corrected chi connectivity index (χ0v) is 10.9. The van der Waals surface area contributed by atoms with E-state index in [1.165, 1.54) is 11.8 Å². The Morgan fingerprint density at radius 1 is 1.40 bits per heavy atom. The van der Waals surface area contributed by atoms with Crippen molar-refractivity contribution < 1.29 is 19.5 Å². The zero-order chi connectivity index (χ0) is 14.9. The van der Waals surface area contributed by atoms with E-state index in [9.17, 15) is 19.5 Å². The Morgan fingerprint density at radius 2 is 2.05 bits per heavy atom. The molecule has 1 heterocycles. The second-order valence-corrected chi connectivity index (χ2v) is 4.62. The quantitative estimate of drug-likeness (QED) is 0.724. The number of rotatable bonds is 3. The fourth-order valence-electron chi connectivity index (χ4n) is 2.45. The lowest BCUT2D eigenvalue weighted by atomic mass is 10.1. The number of anilines is 1. The van der Waals surface area contributed by atoms with E-state index in [0.29, 0.717) is 12.1 Å². The summed E-state index contributed by atoms with van der Waals surface area (Å²) in [6, 6.07) is 4.56. The number of carboxylic acids is 1. The second-order valence-electron chi connectivity index (χ2n) is 4.62. The first-order valence-electron chi connectivity index (χ1n) is 6.11. The van der Waals surface area contributed by atoms with Crippen LogP contribution in [0.2, 0.25) is 0 Å². The molecule has 2 rings (SSSR count). The number of carboxylic acid groups (broad SMARTS) is 1. The van der Waals surface area contributed by atoms with Crippen LogP contribution in [0.1, 0.15) is 12.5 Å². The zero-order valence-electron chi connectivity index (χ0n) is 10.9. The van der Waals surface area contributed by atoms with Gasteiger partial charge >= 0.3 is 12.0 Å². The van der Waals surface area contributed by atoms with Crippen molar-refractivity contribution in [3.63, 3.8) is 0 Å². The van der Waals surface area contributed by atoms with Crippen molar-refractivity contribution in [2.24, 2.45) is 5.73 Å². The number of nitrogens with zero attached hydrogens (tertiary/aromatic N) is 1. The number of benzene rings is 1. The number of nitrogens with two attached hydrogens (primary N) is 1. The Morgan fingerprint density at radius 3 is 2.65 bits per heavy atom. The highest BCUT2D eigenvalue weighted by Gasteiger charge is 2.39. The summed E-state index contributed by atoms with van der Waals surface area (Å²) in [5.74, 6) is -1.64. The molecule has 3 amide bonds. The predicted molar refractivity (Wildman–Crippen MR) is 71.2 cm³/mol. The third-order valence-electron chi connectivity index (χ3n) is 3.35. The molecule has 0 saturated heterocycles. The summed E-state index contributed by atoms with van der Waals surface area (Å²) in [5.41, 5.74) is 6.46. The number of amides is 3. The number of primary amides is 1. The number of aliphatic carboxylic acids is 1. The number of nitrogens with one attached hydrogen (secondary N) is 1. The van der Waals surface area contributed by atoms with Gasteiger partial charge in [-0.1, -0.05) is 18.2 Å². The number of imide groups is 1. The molecule has 0 radical (unpaired) electrons. The lowest BCUT2D eigenvalue weighted by molar-refractivity contribution is -0.138. The Kier molecular flexibility index (Phi) is 3.60. The number of para-hydroxylation sites is 1. The maximum atomic E-state index is 11.9. The van der Waals surface area contributed by atoms with Gasteiger partial charge < -0.3 is 15.7 Å². The molecule has 20 heavy (non-hydrogen) atoms. The molecule has 2 unspecified atom stereocenters. The summed E-state index contributed by atoms with van der Waals surface area (Å²) in [4.78, 5) is 35.5. The van der Waals surface area contributed by atoms with Crippen molar-refractivity contribution in [2.45, 2.75) is 25.4 Å². The third-order valence-corrected chi connectivity index (χ3v) is 3.35. The average molecular weight is 277 g/mol. The smallest absolute Gasteiger partial charge is 0.326 e. The summed E-state index contributed by atoms with van der Waals surface area (Å²) < 4.78 is 0. The standard InChI is InChI=1S/C13H15N3O4/c1-7(11(17)15-13(14)20)16-9-5-3-2-4-8(9)6-10(16)12(18)19/h2-5,7,10H,6H2,1H3,(H,18,19)(H3,14,15,17,20). The van der Waals surface area contributed by atoms with Crippen molar-refractivity contribution in [1.82, 2.24) is 5.32 Å². The van der Waals surface area contributed by atoms with Gasteiger partial charge in [-0.25, -0.2) is 9.59 Å². The number of carbonyl (C=O) groups is 3. The van der Waals surface area contributed by atoms with Crippen LogP contribution in [-0.2, 0) is 16.0 Å². The first-order chi connectivity index (χ1) is 9.41. The largest absolute Gasteiger partial charge is 0.480 e. The normalized spacial score (nSPS) is 18.2. The molecule has 106 valence electrons. The Labute approximate surface area is 115 Å². The van der Waals surface area contributed by atoms with E-state index in [1.807, 2.05) is 17.4 Å². The third kappa shape index (κ3) is 2.42. The van der Waals surface area contributed by atoms with Crippen LogP contribution in [0.3, 0.4) is 0 Å². The maximum Gasteiger partial charge on any atom is 0.326 e. The molecule has 0 bridgehead atoms. The molecule has 1 aliphatic heterocycles. The van der Waals surface area contributed by atoms with Crippen molar-refractivity contribution in [3.05, 3.63) is 29.8 Å². The van der Waals surface area contributed by atoms with E-state index < -0.39 is 30.0 Å². The molecule has 1 aromatic carbocycles. The summed E-state index contributed by atoms with van der Waals surface area (Å²) in [5, 5.41) is 11.3. The Bertz CT molecular complexity index is 572. The fraction of sp³-hybridized carbons (Fsp3) is 0.308. The molecule has 0 spiro atoms. The molecule has 7 nitrogen and oxygen atoms in total. The minimum atomic E-state index is -1.01. The van der Waals surface area contributed by atoms with Gasteiger partial charge in [0, 0.05) is 12.1 Å². The van der Waals surface area contributed by atoms with E-state index in [4.69, 9.17) is 5.73 Å². The van der Waals surface area contributed by atoms with Gasteiger partial charge in [-0.3, -0.25) is 10.1 Å². The molecule has 7 heteroatoms. The predicted octanol–water partition coefficient (Wildman–Crippen LogP) is 0.0857. The summed E-state index contributed by atoms with van der Waals surface area (Å²) >= 11 is 0. The van der Waals surface area contributed by atoms with Gasteiger partial charge in [-0.2, -0.15) is 0 Å². The highest BCUT2D eigenvalue weighted by Crippen LogP contribution is 2.33. The fourth-order valence-corrected chi connectivity index (χ4v) is 2.45. The van der Waals surface area contributed by atoms with E-state index >= 15 is 0 Å². The van der Waals surface area contributed by atoms with Gasteiger partial charge in [0.25, 0.3) is 0 Å². The summed E-state index contributed by atoms with van der Waals surface area (Å²) in [6.45, 7) is 1.54. The van der Waals surface area contributed by atoms with Crippen LogP contribution in [0, 0.1) is 0 Å². The minimum absolute atomic E-state index is 0.319. The molecule has 1 aromatic rings. The van der Waals surface area contributed by atoms with Crippen LogP contribution < -0.4 is 16.0 Å². The van der Waals surface area contributed by atoms with Crippen LogP contribution in [-0.4, -0.2) is 35.1 Å². The lowest BCUT2D eigenvalue weighted by Gasteiger charge is -2.30. The first-order valence-corrected chi connectivity index (χ1v) is 6.11. The monoisotopic (exact) mass is 277 g/mol. The SMILES string of the molecule is CC(C(=O)NC(N)=O)N1c2ccccc2CC1C(=O)O. The number of urea groups is 1. The molecule has 2 atom stereocenters. The second kappa shape index (κ2) is 5.20. The number of hydrogen-bond donors (Lipinski definition) is 3. The van der Waals surface area contributed by atoms with Gasteiger partial charge in [0.05, 0.1) is 0 Å². The van der Waals surface area contributed by atoms with Crippen LogP contribution in [0.5, 0.6) is 0 Å². The number of fused-ring (bicyclic) bond motifs is 1. The summed E-state index contributed by atoms with van der Waals surface area (Å²) in [6.07, 6.45) is 0.319. The topological polar surface area (TPSA) is 113 Å². The lowest BCUT2D eigenvalue weighted by Crippen LogP contribution is -2.53. The molecule has 0 fully saturated rings. The average Bonchev–Trinajstić information content (AvgIpc) is 2.76. The van der Waals surface area contributed by atoms with Crippen molar-refractivity contribution in [1.29, 1.82) is 0 Å². The van der Waals surface area contributed by atoms with Crippen LogP contribution in [0.15, 0.2) is 24.3 Å². The molecule has 0 aromatic heterocycles. The van der Waals surface area contributed by atoms with E-state index in [-0.39, 0.29) is 0 Å². The molecule has 1 aliphatic rings. The van der Waals surface area contributed by atoms with Gasteiger partial charge in [0.2, 0.25) is 5.91 Å². The Balaban J connectivity index is 2.33. The van der Waals surface area contributed by atoms with Gasteiger partial charge in [-0.15, -0.1) is 0 Å². The van der Waals surface area contributed by atoms with Crippen LogP contribution in [0.25, 0.3) is 0 Å².